The normalized spacial score (nSPS) is 10.8. The zero-order valence-electron chi connectivity index (χ0n) is 14.2. The smallest absolute Gasteiger partial charge is 0.234 e. The van der Waals surface area contributed by atoms with Crippen LogP contribution in [0, 0.1) is 19.7 Å². The van der Waals surface area contributed by atoms with Crippen LogP contribution in [0.25, 0.3) is 5.69 Å². The summed E-state index contributed by atoms with van der Waals surface area (Å²) in [6.07, 6.45) is 0. The highest BCUT2D eigenvalue weighted by atomic mass is 79.9. The quantitative estimate of drug-likeness (QED) is 0.599. The molecule has 2 aromatic carbocycles. The Morgan fingerprint density at radius 1 is 1.19 bits per heavy atom. The van der Waals surface area contributed by atoms with E-state index in [2.05, 4.69) is 31.4 Å². The molecule has 5 nitrogen and oxygen atoms in total. The van der Waals surface area contributed by atoms with E-state index in [0.29, 0.717) is 11.0 Å². The van der Waals surface area contributed by atoms with E-state index in [1.54, 1.807) is 16.7 Å². The predicted molar refractivity (Wildman–Crippen MR) is 104 cm³/mol. The van der Waals surface area contributed by atoms with Crippen LogP contribution in [0.15, 0.2) is 52.1 Å². The molecule has 3 rings (SSSR count). The van der Waals surface area contributed by atoms with Crippen molar-refractivity contribution < 1.29 is 9.18 Å². The minimum absolute atomic E-state index is 0.136. The van der Waals surface area contributed by atoms with E-state index < -0.39 is 0 Å². The van der Waals surface area contributed by atoms with Crippen molar-refractivity contribution in [2.45, 2.75) is 19.0 Å². The number of hydrogen-bond donors (Lipinski definition) is 1. The first-order valence-electron chi connectivity index (χ1n) is 7.81. The highest BCUT2D eigenvalue weighted by molar-refractivity contribution is 9.10. The van der Waals surface area contributed by atoms with Crippen LogP contribution in [0.5, 0.6) is 0 Å². The maximum Gasteiger partial charge on any atom is 0.234 e. The number of carbonyl (C=O) groups is 1. The van der Waals surface area contributed by atoms with Crippen LogP contribution in [-0.2, 0) is 4.79 Å². The van der Waals surface area contributed by atoms with Crippen molar-refractivity contribution in [3.8, 4) is 5.69 Å². The molecule has 1 N–H and O–H groups in total. The molecule has 1 heterocycles. The minimum atomic E-state index is -0.308. The Balaban J connectivity index is 1.69. The van der Waals surface area contributed by atoms with Crippen LogP contribution < -0.4 is 5.32 Å². The summed E-state index contributed by atoms with van der Waals surface area (Å²) < 4.78 is 15.9. The second-order valence-corrected chi connectivity index (χ2v) is 7.44. The summed E-state index contributed by atoms with van der Waals surface area (Å²) in [7, 11) is 0. The third-order valence-electron chi connectivity index (χ3n) is 3.65. The molecule has 0 saturated heterocycles. The number of rotatable bonds is 5. The first-order chi connectivity index (χ1) is 12.4. The van der Waals surface area contributed by atoms with Gasteiger partial charge in [-0.15, -0.1) is 10.2 Å². The summed E-state index contributed by atoms with van der Waals surface area (Å²) in [5.41, 5.74) is 2.54. The molecule has 0 spiro atoms. The summed E-state index contributed by atoms with van der Waals surface area (Å²) in [6.45, 7) is 3.77. The molecule has 0 aliphatic heterocycles. The van der Waals surface area contributed by atoms with E-state index in [4.69, 9.17) is 0 Å². The second-order valence-electron chi connectivity index (χ2n) is 5.64. The third kappa shape index (κ3) is 4.31. The van der Waals surface area contributed by atoms with Gasteiger partial charge in [-0.05, 0) is 61.9 Å². The lowest BCUT2D eigenvalue weighted by molar-refractivity contribution is -0.113. The van der Waals surface area contributed by atoms with Gasteiger partial charge in [-0.25, -0.2) is 4.39 Å². The lowest BCUT2D eigenvalue weighted by Crippen LogP contribution is -2.14. The van der Waals surface area contributed by atoms with Crippen molar-refractivity contribution in [2.24, 2.45) is 0 Å². The summed E-state index contributed by atoms with van der Waals surface area (Å²) in [6, 6.07) is 11.7. The lowest BCUT2D eigenvalue weighted by atomic mass is 10.2. The van der Waals surface area contributed by atoms with Crippen LogP contribution in [0.2, 0.25) is 0 Å². The van der Waals surface area contributed by atoms with Gasteiger partial charge < -0.3 is 5.32 Å². The molecule has 0 fully saturated rings. The van der Waals surface area contributed by atoms with Crippen LogP contribution in [0.4, 0.5) is 10.1 Å². The van der Waals surface area contributed by atoms with Gasteiger partial charge >= 0.3 is 0 Å². The fourth-order valence-corrected chi connectivity index (χ4v) is 3.42. The predicted octanol–water partition coefficient (Wildman–Crippen LogP) is 4.52. The van der Waals surface area contributed by atoms with E-state index >= 15 is 0 Å². The molecular weight excluding hydrogens is 419 g/mol. The summed E-state index contributed by atoms with van der Waals surface area (Å²) in [5, 5.41) is 11.6. The molecule has 26 heavy (non-hydrogen) atoms. The Labute approximate surface area is 163 Å². The molecule has 0 radical (unpaired) electrons. The lowest BCUT2D eigenvalue weighted by Gasteiger charge is -2.09. The zero-order chi connectivity index (χ0) is 18.7. The van der Waals surface area contributed by atoms with E-state index in [9.17, 15) is 9.18 Å². The average molecular weight is 435 g/mol. The van der Waals surface area contributed by atoms with Gasteiger partial charge in [0.1, 0.15) is 11.6 Å². The van der Waals surface area contributed by atoms with Crippen LogP contribution >= 0.6 is 27.7 Å². The second kappa shape index (κ2) is 8.01. The summed E-state index contributed by atoms with van der Waals surface area (Å²) in [5.74, 6) is 0.415. The fraction of sp³-hybridized carbons (Fsp3) is 0.167. The molecule has 1 amide bonds. The number of anilines is 1. The average Bonchev–Trinajstić information content (AvgIpc) is 2.98. The van der Waals surface area contributed by atoms with Gasteiger partial charge in [0.2, 0.25) is 5.91 Å². The number of aryl methyl sites for hydroxylation is 2. The van der Waals surface area contributed by atoms with Crippen molar-refractivity contribution in [1.82, 2.24) is 14.8 Å². The molecule has 3 aromatic rings. The zero-order valence-corrected chi connectivity index (χ0v) is 16.6. The van der Waals surface area contributed by atoms with E-state index in [1.165, 1.54) is 23.9 Å². The topological polar surface area (TPSA) is 59.8 Å². The van der Waals surface area contributed by atoms with E-state index in [1.807, 2.05) is 32.0 Å². The van der Waals surface area contributed by atoms with Crippen molar-refractivity contribution in [3.05, 3.63) is 64.1 Å². The number of amides is 1. The third-order valence-corrected chi connectivity index (χ3v) is 5.47. The largest absolute Gasteiger partial charge is 0.325 e. The minimum Gasteiger partial charge on any atom is -0.325 e. The number of hydrogen-bond acceptors (Lipinski definition) is 4. The van der Waals surface area contributed by atoms with Gasteiger partial charge in [-0.3, -0.25) is 9.36 Å². The first kappa shape index (κ1) is 18.6. The van der Waals surface area contributed by atoms with Crippen LogP contribution in [0.1, 0.15) is 11.4 Å². The van der Waals surface area contributed by atoms with Gasteiger partial charge in [0.25, 0.3) is 0 Å². The number of carbonyl (C=O) groups excluding carboxylic acids is 1. The molecule has 134 valence electrons. The van der Waals surface area contributed by atoms with Gasteiger partial charge in [0.15, 0.2) is 5.16 Å². The molecule has 0 saturated carbocycles. The van der Waals surface area contributed by atoms with Gasteiger partial charge in [-0.1, -0.05) is 27.7 Å². The summed E-state index contributed by atoms with van der Waals surface area (Å²) in [4.78, 5) is 12.2. The number of benzene rings is 2. The molecule has 0 aliphatic carbocycles. The Morgan fingerprint density at radius 2 is 1.92 bits per heavy atom. The molecule has 0 bridgehead atoms. The molecule has 8 heteroatoms. The molecule has 1 aromatic heterocycles. The van der Waals surface area contributed by atoms with Crippen molar-refractivity contribution >= 4 is 39.3 Å². The first-order valence-corrected chi connectivity index (χ1v) is 9.58. The molecule has 0 unspecified atom stereocenters. The molecule has 0 aliphatic rings. The Kier molecular flexibility index (Phi) is 5.73. The molecule has 0 atom stereocenters. The highest BCUT2D eigenvalue weighted by Gasteiger charge is 2.13. The summed E-state index contributed by atoms with van der Waals surface area (Å²) >= 11 is 4.71. The van der Waals surface area contributed by atoms with Gasteiger partial charge in [0.05, 0.1) is 5.75 Å². The van der Waals surface area contributed by atoms with Crippen LogP contribution in [0.3, 0.4) is 0 Å². The van der Waals surface area contributed by atoms with Crippen molar-refractivity contribution in [1.29, 1.82) is 0 Å². The van der Waals surface area contributed by atoms with E-state index in [-0.39, 0.29) is 17.5 Å². The standard InChI is InChI=1S/C18H16BrFN4OS/c1-11-9-14(5-8-16(11)19)21-17(25)10-26-18-23-22-12(2)24(18)15-6-3-13(20)4-7-15/h3-9H,10H2,1-2H3,(H,21,25). The monoisotopic (exact) mass is 434 g/mol. The number of thioether (sulfide) groups is 1. The number of aromatic nitrogens is 3. The Hall–Kier alpha value is -2.19. The maximum atomic E-state index is 13.1. The van der Waals surface area contributed by atoms with Crippen LogP contribution in [-0.4, -0.2) is 26.4 Å². The maximum absolute atomic E-state index is 13.1. The van der Waals surface area contributed by atoms with Gasteiger partial charge in [0, 0.05) is 15.8 Å². The van der Waals surface area contributed by atoms with Crippen molar-refractivity contribution in [3.63, 3.8) is 0 Å². The number of halogens is 2. The Bertz CT molecular complexity index is 943. The number of nitrogens with one attached hydrogen (secondary N) is 1. The highest BCUT2D eigenvalue weighted by Crippen LogP contribution is 2.23. The SMILES string of the molecule is Cc1cc(NC(=O)CSc2nnc(C)n2-c2ccc(F)cc2)ccc1Br. The number of nitrogens with zero attached hydrogens (tertiary/aromatic N) is 3. The Morgan fingerprint density at radius 3 is 2.62 bits per heavy atom. The fourth-order valence-electron chi connectivity index (χ4n) is 2.37. The molecular formula is C18H16BrFN4OS. The van der Waals surface area contributed by atoms with Gasteiger partial charge in [-0.2, -0.15) is 0 Å². The van der Waals surface area contributed by atoms with E-state index in [0.717, 1.165) is 21.4 Å². The van der Waals surface area contributed by atoms with Crippen molar-refractivity contribution in [2.75, 3.05) is 11.1 Å².